The molecule has 0 aromatic carbocycles. The largest absolute Gasteiger partial charge is 0.330 e. The highest BCUT2D eigenvalue weighted by Crippen LogP contribution is 2.02. The topological polar surface area (TPSA) is 91.7 Å². The summed E-state index contributed by atoms with van der Waals surface area (Å²) in [6.45, 7) is 0.721. The van der Waals surface area contributed by atoms with E-state index in [1.807, 2.05) is 0 Å². The summed E-state index contributed by atoms with van der Waals surface area (Å²) in [7, 11) is 0. The summed E-state index contributed by atoms with van der Waals surface area (Å²) in [5, 5.41) is 0. The van der Waals surface area contributed by atoms with Crippen LogP contribution in [0.15, 0.2) is 15.8 Å². The maximum absolute atomic E-state index is 11.3. The van der Waals surface area contributed by atoms with E-state index in [9.17, 15) is 9.59 Å². The zero-order valence-corrected chi connectivity index (χ0v) is 8.71. The number of hydrogen-bond donors (Lipinski definition) is 3. The van der Waals surface area contributed by atoms with Crippen molar-refractivity contribution in [3.05, 3.63) is 32.6 Å². The maximum Gasteiger partial charge on any atom is 0.325 e. The molecule has 5 heteroatoms. The van der Waals surface area contributed by atoms with Gasteiger partial charge in [0.1, 0.15) is 0 Å². The zero-order chi connectivity index (χ0) is 11.1. The molecule has 0 amide bonds. The van der Waals surface area contributed by atoms with Gasteiger partial charge in [0.25, 0.3) is 5.56 Å². The Morgan fingerprint density at radius 3 is 2.53 bits per heavy atom. The van der Waals surface area contributed by atoms with Crippen molar-refractivity contribution >= 4 is 0 Å². The summed E-state index contributed by atoms with van der Waals surface area (Å²) in [4.78, 5) is 26.7. The molecule has 0 atom stereocenters. The number of rotatable bonds is 6. The van der Waals surface area contributed by atoms with Gasteiger partial charge in [0.2, 0.25) is 0 Å². The normalized spacial score (nSPS) is 10.5. The molecule has 1 rings (SSSR count). The molecule has 0 saturated heterocycles. The van der Waals surface area contributed by atoms with Crippen LogP contribution in [0.5, 0.6) is 0 Å². The van der Waals surface area contributed by atoms with Crippen LogP contribution >= 0.6 is 0 Å². The van der Waals surface area contributed by atoms with E-state index in [0.717, 1.165) is 32.2 Å². The molecule has 1 heterocycles. The van der Waals surface area contributed by atoms with Crippen molar-refractivity contribution in [3.63, 3.8) is 0 Å². The third-order valence-corrected chi connectivity index (χ3v) is 2.30. The van der Waals surface area contributed by atoms with Crippen LogP contribution in [-0.2, 0) is 6.42 Å². The van der Waals surface area contributed by atoms with E-state index in [1.54, 1.807) is 0 Å². The van der Waals surface area contributed by atoms with Crippen molar-refractivity contribution < 1.29 is 0 Å². The molecule has 0 bridgehead atoms. The summed E-state index contributed by atoms with van der Waals surface area (Å²) < 4.78 is 0. The summed E-state index contributed by atoms with van der Waals surface area (Å²) in [5.74, 6) is 0. The molecule has 0 spiro atoms. The standard InChI is InChI=1S/C10H17N3O2/c11-6-4-2-1-3-5-8-7-12-10(15)13-9(8)14/h7H,1-6,11H2,(H2,12,13,14,15). The number of unbranched alkanes of at least 4 members (excludes halogenated alkanes) is 3. The van der Waals surface area contributed by atoms with Gasteiger partial charge in [-0.05, 0) is 25.8 Å². The summed E-state index contributed by atoms with van der Waals surface area (Å²) in [5.41, 5.74) is 5.28. The Kier molecular flexibility index (Phi) is 4.83. The van der Waals surface area contributed by atoms with Gasteiger partial charge in [-0.1, -0.05) is 12.8 Å². The first-order valence-electron chi connectivity index (χ1n) is 5.25. The monoisotopic (exact) mass is 211 g/mol. The van der Waals surface area contributed by atoms with Gasteiger partial charge >= 0.3 is 5.69 Å². The minimum absolute atomic E-state index is 0.280. The average molecular weight is 211 g/mol. The van der Waals surface area contributed by atoms with Gasteiger partial charge in [0.15, 0.2) is 0 Å². The first-order chi connectivity index (χ1) is 7.24. The number of nitrogens with two attached hydrogens (primary N) is 1. The predicted molar refractivity (Wildman–Crippen MR) is 58.9 cm³/mol. The summed E-state index contributed by atoms with van der Waals surface area (Å²) >= 11 is 0. The number of H-pyrrole nitrogens is 2. The average Bonchev–Trinajstić information content (AvgIpc) is 2.20. The van der Waals surface area contributed by atoms with Gasteiger partial charge in [-0.15, -0.1) is 0 Å². The quantitative estimate of drug-likeness (QED) is 0.584. The van der Waals surface area contributed by atoms with Crippen LogP contribution in [0.4, 0.5) is 0 Å². The molecule has 4 N–H and O–H groups in total. The number of hydrogen-bond acceptors (Lipinski definition) is 3. The number of aromatic nitrogens is 2. The van der Waals surface area contributed by atoms with Gasteiger partial charge in [-0.2, -0.15) is 0 Å². The molecule has 1 aromatic rings. The minimum atomic E-state index is -0.452. The third kappa shape index (κ3) is 4.12. The Hall–Kier alpha value is -1.36. The van der Waals surface area contributed by atoms with Gasteiger partial charge in [-0.3, -0.25) is 9.78 Å². The SMILES string of the molecule is NCCCCCCc1c[nH]c(=O)[nH]c1=O. The van der Waals surface area contributed by atoms with E-state index >= 15 is 0 Å². The van der Waals surface area contributed by atoms with Crippen LogP contribution in [0, 0.1) is 0 Å². The first kappa shape index (κ1) is 11.7. The second kappa shape index (κ2) is 6.19. The first-order valence-corrected chi connectivity index (χ1v) is 5.25. The maximum atomic E-state index is 11.3. The van der Waals surface area contributed by atoms with Gasteiger partial charge in [-0.25, -0.2) is 4.79 Å². The number of aromatic amines is 2. The third-order valence-electron chi connectivity index (χ3n) is 2.30. The lowest BCUT2D eigenvalue weighted by atomic mass is 10.1. The van der Waals surface area contributed by atoms with E-state index in [4.69, 9.17) is 5.73 Å². The van der Waals surface area contributed by atoms with Crippen LogP contribution in [0.25, 0.3) is 0 Å². The molecule has 0 aliphatic rings. The molecular formula is C10H17N3O2. The van der Waals surface area contributed by atoms with E-state index in [-0.39, 0.29) is 5.56 Å². The summed E-state index contributed by atoms with van der Waals surface area (Å²) in [6.07, 6.45) is 6.34. The smallest absolute Gasteiger partial charge is 0.325 e. The van der Waals surface area contributed by atoms with E-state index in [2.05, 4.69) is 9.97 Å². The Labute approximate surface area is 87.7 Å². The lowest BCUT2D eigenvalue weighted by Crippen LogP contribution is -2.24. The van der Waals surface area contributed by atoms with Gasteiger partial charge < -0.3 is 10.7 Å². The molecule has 15 heavy (non-hydrogen) atoms. The van der Waals surface area contributed by atoms with Crippen molar-refractivity contribution in [3.8, 4) is 0 Å². The van der Waals surface area contributed by atoms with Gasteiger partial charge in [0, 0.05) is 11.8 Å². The molecule has 0 radical (unpaired) electrons. The molecule has 0 aliphatic carbocycles. The van der Waals surface area contributed by atoms with E-state index in [1.165, 1.54) is 6.20 Å². The molecule has 0 aliphatic heterocycles. The molecule has 5 nitrogen and oxygen atoms in total. The second-order valence-corrected chi connectivity index (χ2v) is 3.55. The molecule has 0 unspecified atom stereocenters. The number of nitrogens with one attached hydrogen (secondary N) is 2. The Morgan fingerprint density at radius 1 is 1.13 bits per heavy atom. The fourth-order valence-electron chi connectivity index (χ4n) is 1.44. The van der Waals surface area contributed by atoms with Crippen LogP contribution in [0.3, 0.4) is 0 Å². The Balaban J connectivity index is 2.38. The van der Waals surface area contributed by atoms with Crippen molar-refractivity contribution in [2.45, 2.75) is 32.1 Å². The molecule has 0 saturated carbocycles. The van der Waals surface area contributed by atoms with Gasteiger partial charge in [0.05, 0.1) is 0 Å². The molecular weight excluding hydrogens is 194 g/mol. The highest BCUT2D eigenvalue weighted by Gasteiger charge is 1.99. The van der Waals surface area contributed by atoms with Crippen LogP contribution < -0.4 is 17.0 Å². The predicted octanol–water partition coefficient (Wildman–Crippen LogP) is 0.125. The second-order valence-electron chi connectivity index (χ2n) is 3.55. The van der Waals surface area contributed by atoms with Crippen LogP contribution in [-0.4, -0.2) is 16.5 Å². The highest BCUT2D eigenvalue weighted by molar-refractivity contribution is 5.02. The fraction of sp³-hybridized carbons (Fsp3) is 0.600. The van der Waals surface area contributed by atoms with Crippen molar-refractivity contribution in [1.82, 2.24) is 9.97 Å². The van der Waals surface area contributed by atoms with Crippen LogP contribution in [0.1, 0.15) is 31.2 Å². The minimum Gasteiger partial charge on any atom is -0.330 e. The Morgan fingerprint density at radius 2 is 1.87 bits per heavy atom. The molecule has 84 valence electrons. The zero-order valence-electron chi connectivity index (χ0n) is 8.71. The highest BCUT2D eigenvalue weighted by atomic mass is 16.2. The fourth-order valence-corrected chi connectivity index (χ4v) is 1.44. The molecule has 0 fully saturated rings. The van der Waals surface area contributed by atoms with Crippen molar-refractivity contribution in [1.29, 1.82) is 0 Å². The molecule has 1 aromatic heterocycles. The van der Waals surface area contributed by atoms with Crippen LogP contribution in [0.2, 0.25) is 0 Å². The number of aryl methyl sites for hydroxylation is 1. The lowest BCUT2D eigenvalue weighted by Gasteiger charge is -1.99. The summed E-state index contributed by atoms with van der Waals surface area (Å²) in [6, 6.07) is 0. The van der Waals surface area contributed by atoms with Crippen molar-refractivity contribution in [2.75, 3.05) is 6.54 Å². The van der Waals surface area contributed by atoms with E-state index in [0.29, 0.717) is 12.0 Å². The van der Waals surface area contributed by atoms with Crippen molar-refractivity contribution in [2.24, 2.45) is 5.73 Å². The van der Waals surface area contributed by atoms with E-state index < -0.39 is 5.69 Å². The Bertz CT molecular complexity index is 394. The lowest BCUT2D eigenvalue weighted by molar-refractivity contribution is 0.643.